The number of carbonyl (C=O) groups is 2. The second-order valence-corrected chi connectivity index (χ2v) is 12.6. The van der Waals surface area contributed by atoms with Crippen molar-refractivity contribution in [2.45, 2.75) is 72.9 Å². The summed E-state index contributed by atoms with van der Waals surface area (Å²) in [7, 11) is 5.30. The van der Waals surface area contributed by atoms with Gasteiger partial charge in [-0.1, -0.05) is 13.8 Å². The van der Waals surface area contributed by atoms with E-state index in [-0.39, 0.29) is 36.5 Å². The molecule has 0 saturated heterocycles. The summed E-state index contributed by atoms with van der Waals surface area (Å²) in [6, 6.07) is 3.70. The van der Waals surface area contributed by atoms with Crippen LogP contribution in [-0.4, -0.2) is 53.2 Å². The zero-order valence-electron chi connectivity index (χ0n) is 28.3. The molecule has 0 saturated carbocycles. The number of aromatic nitrogens is 2. The number of ether oxygens (including phenoxy) is 1. The highest BCUT2D eigenvalue weighted by Crippen LogP contribution is 2.34. The number of likely N-dealkylation sites (N-methyl/N-ethyl adjacent to an activating group) is 1. The van der Waals surface area contributed by atoms with Crippen LogP contribution in [0.25, 0.3) is 11.1 Å². The van der Waals surface area contributed by atoms with Crippen molar-refractivity contribution >= 4 is 11.9 Å². The third-order valence-corrected chi connectivity index (χ3v) is 8.03. The molecule has 0 aliphatic rings. The molecule has 0 unspecified atom stereocenters. The molecule has 46 heavy (non-hydrogen) atoms. The summed E-state index contributed by atoms with van der Waals surface area (Å²) in [4.78, 5) is 55.2. The fourth-order valence-electron chi connectivity index (χ4n) is 5.74. The number of amides is 1. The van der Waals surface area contributed by atoms with E-state index in [0.717, 1.165) is 4.57 Å². The van der Waals surface area contributed by atoms with Gasteiger partial charge in [-0.25, -0.2) is 8.78 Å². The molecule has 0 radical (unpaired) electrons. The SMILES string of the molecule is CCOC(=O)C[C@H](NC(=O)[C@H](CC(C)C)n1cc(CCN(C)C)n(C)c(=O)c1=O)c1cc(-c2c(C)cc(F)cc2C)cc(C)c1F. The van der Waals surface area contributed by atoms with Crippen LogP contribution in [0.4, 0.5) is 8.78 Å². The maximum Gasteiger partial charge on any atom is 0.317 e. The predicted molar refractivity (Wildman–Crippen MR) is 175 cm³/mol. The maximum absolute atomic E-state index is 15.9. The molecule has 0 aliphatic carbocycles. The van der Waals surface area contributed by atoms with Gasteiger partial charge >= 0.3 is 17.1 Å². The topological polar surface area (TPSA) is 103 Å². The lowest BCUT2D eigenvalue weighted by atomic mass is 9.90. The Labute approximate surface area is 269 Å². The van der Waals surface area contributed by atoms with E-state index >= 15 is 4.39 Å². The molecule has 0 spiro atoms. The molecule has 11 heteroatoms. The first-order chi connectivity index (χ1) is 21.5. The number of rotatable bonds is 13. The quantitative estimate of drug-likeness (QED) is 0.210. The lowest BCUT2D eigenvalue weighted by molar-refractivity contribution is -0.144. The molecule has 2 atom stereocenters. The predicted octanol–water partition coefficient (Wildman–Crippen LogP) is 4.92. The van der Waals surface area contributed by atoms with Crippen molar-refractivity contribution in [3.8, 4) is 11.1 Å². The Morgan fingerprint density at radius 3 is 2.17 bits per heavy atom. The third kappa shape index (κ3) is 8.57. The third-order valence-electron chi connectivity index (χ3n) is 8.03. The largest absolute Gasteiger partial charge is 0.466 e. The van der Waals surface area contributed by atoms with Crippen molar-refractivity contribution < 1.29 is 23.1 Å². The number of hydrogen-bond acceptors (Lipinski definition) is 6. The summed E-state index contributed by atoms with van der Waals surface area (Å²) in [6.45, 7) is 11.2. The summed E-state index contributed by atoms with van der Waals surface area (Å²) in [5.74, 6) is -2.37. The second kappa shape index (κ2) is 15.4. The normalized spacial score (nSPS) is 12.8. The first kappa shape index (κ1) is 36.3. The van der Waals surface area contributed by atoms with Gasteiger partial charge in [0.2, 0.25) is 5.91 Å². The van der Waals surface area contributed by atoms with Gasteiger partial charge in [-0.05, 0) is 106 Å². The summed E-state index contributed by atoms with van der Waals surface area (Å²) >= 11 is 0. The molecular weight excluding hydrogens is 594 g/mol. The van der Waals surface area contributed by atoms with Gasteiger partial charge in [-0.3, -0.25) is 23.7 Å². The molecule has 1 N–H and O–H groups in total. The van der Waals surface area contributed by atoms with E-state index in [0.29, 0.717) is 40.9 Å². The highest BCUT2D eigenvalue weighted by Gasteiger charge is 2.30. The van der Waals surface area contributed by atoms with Crippen molar-refractivity contribution in [1.29, 1.82) is 0 Å². The molecule has 250 valence electrons. The smallest absolute Gasteiger partial charge is 0.317 e. The zero-order valence-corrected chi connectivity index (χ0v) is 28.3. The van der Waals surface area contributed by atoms with Gasteiger partial charge in [0.1, 0.15) is 17.7 Å². The summed E-state index contributed by atoms with van der Waals surface area (Å²) in [5, 5.41) is 2.83. The molecule has 3 rings (SSSR count). The molecule has 2 aromatic carbocycles. The molecule has 9 nitrogen and oxygen atoms in total. The van der Waals surface area contributed by atoms with Crippen LogP contribution in [-0.2, 0) is 27.8 Å². The first-order valence-electron chi connectivity index (χ1n) is 15.5. The monoisotopic (exact) mass is 640 g/mol. The molecule has 1 heterocycles. The van der Waals surface area contributed by atoms with Crippen molar-refractivity contribution in [3.05, 3.63) is 90.8 Å². The molecule has 0 aliphatic heterocycles. The van der Waals surface area contributed by atoms with Gasteiger partial charge in [-0.15, -0.1) is 0 Å². The molecule has 1 aromatic heterocycles. The number of nitrogens with one attached hydrogen (secondary N) is 1. The number of esters is 1. The lowest BCUT2D eigenvalue weighted by Gasteiger charge is -2.27. The van der Waals surface area contributed by atoms with Crippen molar-refractivity contribution in [1.82, 2.24) is 19.4 Å². The first-order valence-corrected chi connectivity index (χ1v) is 15.5. The van der Waals surface area contributed by atoms with Crippen molar-refractivity contribution in [2.75, 3.05) is 27.2 Å². The van der Waals surface area contributed by atoms with Gasteiger partial charge in [0, 0.05) is 37.5 Å². The minimum Gasteiger partial charge on any atom is -0.466 e. The standard InChI is InChI=1S/C35H46F2N4O5/c1-10-46-30(42)18-28(27-17-24(14-23(6)32(27)37)31-21(4)15-25(36)16-22(31)5)38-33(43)29(13-20(2)3)41-19-26(11-12-39(7)8)40(9)34(44)35(41)45/h14-17,19-20,28-29H,10-13,18H2,1-9H3,(H,38,43)/t28-,29-/m0/s1. The molecule has 1 amide bonds. The average molecular weight is 641 g/mol. The number of aryl methyl sites for hydroxylation is 3. The number of halogens is 2. The van der Waals surface area contributed by atoms with Crippen LogP contribution in [0.3, 0.4) is 0 Å². The highest BCUT2D eigenvalue weighted by molar-refractivity contribution is 5.82. The summed E-state index contributed by atoms with van der Waals surface area (Å²) in [6.07, 6.45) is 1.81. The van der Waals surface area contributed by atoms with E-state index in [9.17, 15) is 23.6 Å². The number of benzene rings is 2. The Bertz CT molecular complexity index is 1690. The Balaban J connectivity index is 2.17. The molecule has 0 bridgehead atoms. The van der Waals surface area contributed by atoms with Gasteiger partial charge in [0.25, 0.3) is 0 Å². The van der Waals surface area contributed by atoms with E-state index in [1.165, 1.54) is 29.9 Å². The highest BCUT2D eigenvalue weighted by atomic mass is 19.1. The van der Waals surface area contributed by atoms with Crippen molar-refractivity contribution in [3.63, 3.8) is 0 Å². The van der Waals surface area contributed by atoms with Crippen LogP contribution < -0.4 is 16.4 Å². The number of carbonyl (C=O) groups excluding carboxylic acids is 2. The number of nitrogens with zero attached hydrogens (tertiary/aromatic N) is 3. The van der Waals surface area contributed by atoms with Crippen LogP contribution in [0.5, 0.6) is 0 Å². The van der Waals surface area contributed by atoms with E-state index in [4.69, 9.17) is 4.74 Å². The fraction of sp³-hybridized carbons (Fsp3) is 0.486. The van der Waals surface area contributed by atoms with Crippen LogP contribution in [0.15, 0.2) is 40.1 Å². The zero-order chi connectivity index (χ0) is 34.5. The van der Waals surface area contributed by atoms with Crippen LogP contribution >= 0.6 is 0 Å². The minimum atomic E-state index is -1.17. The Kier molecular flexibility index (Phi) is 12.2. The van der Waals surface area contributed by atoms with Gasteiger partial charge in [0.05, 0.1) is 19.1 Å². The fourth-order valence-corrected chi connectivity index (χ4v) is 5.74. The van der Waals surface area contributed by atoms with Gasteiger partial charge in [0.15, 0.2) is 0 Å². The average Bonchev–Trinajstić information content (AvgIpc) is 2.95. The second-order valence-electron chi connectivity index (χ2n) is 12.6. The minimum absolute atomic E-state index is 0.0471. The summed E-state index contributed by atoms with van der Waals surface area (Å²) < 4.78 is 37.7. The Morgan fingerprint density at radius 1 is 0.978 bits per heavy atom. The van der Waals surface area contributed by atoms with Crippen LogP contribution in [0.1, 0.15) is 73.6 Å². The maximum atomic E-state index is 15.9. The Hall–Kier alpha value is -4.12. The van der Waals surface area contributed by atoms with E-state index in [1.807, 2.05) is 32.8 Å². The van der Waals surface area contributed by atoms with Gasteiger partial charge in [-0.2, -0.15) is 0 Å². The molecule has 0 fully saturated rings. The van der Waals surface area contributed by atoms with E-state index < -0.39 is 46.7 Å². The molecule has 3 aromatic rings. The number of hydrogen-bond donors (Lipinski definition) is 1. The van der Waals surface area contributed by atoms with Crippen LogP contribution in [0.2, 0.25) is 0 Å². The Morgan fingerprint density at radius 2 is 1.61 bits per heavy atom. The summed E-state index contributed by atoms with van der Waals surface area (Å²) in [5.41, 5.74) is 1.87. The van der Waals surface area contributed by atoms with Crippen molar-refractivity contribution in [2.24, 2.45) is 13.0 Å². The lowest BCUT2D eigenvalue weighted by Crippen LogP contribution is -2.47. The molecular formula is C35H46F2N4O5. The van der Waals surface area contributed by atoms with E-state index in [1.54, 1.807) is 39.8 Å². The van der Waals surface area contributed by atoms with Crippen LogP contribution in [0, 0.1) is 38.3 Å². The van der Waals surface area contributed by atoms with E-state index in [2.05, 4.69) is 5.32 Å². The van der Waals surface area contributed by atoms with Gasteiger partial charge < -0.3 is 19.5 Å².